The topological polar surface area (TPSA) is 29.3 Å². The van der Waals surface area contributed by atoms with Crippen LogP contribution < -0.4 is 10.6 Å². The van der Waals surface area contributed by atoms with Gasteiger partial charge in [-0.3, -0.25) is 0 Å². The molecule has 0 aromatic heterocycles. The fraction of sp³-hybridized carbons (Fsp3) is 0.600. The van der Waals surface area contributed by atoms with Gasteiger partial charge in [-0.2, -0.15) is 0 Å². The summed E-state index contributed by atoms with van der Waals surface area (Å²) in [4.78, 5) is 2.48. The van der Waals surface area contributed by atoms with Crippen LogP contribution in [0.5, 0.6) is 0 Å². The summed E-state index contributed by atoms with van der Waals surface area (Å²) in [6.07, 6.45) is 4.86. The lowest BCUT2D eigenvalue weighted by atomic mass is 9.97. The molecule has 1 atom stereocenters. The number of piperidine rings is 1. The van der Waals surface area contributed by atoms with E-state index in [1.54, 1.807) is 0 Å². The third-order valence-electron chi connectivity index (χ3n) is 3.81. The second-order valence-corrected chi connectivity index (χ2v) is 5.74. The number of aryl methyl sites for hydroxylation is 2. The minimum absolute atomic E-state index is 0.558. The molecule has 1 unspecified atom stereocenters. The molecule has 0 bridgehead atoms. The van der Waals surface area contributed by atoms with Crippen molar-refractivity contribution in [1.29, 1.82) is 0 Å². The summed E-state index contributed by atoms with van der Waals surface area (Å²) >= 11 is 6.46. The van der Waals surface area contributed by atoms with Crippen LogP contribution >= 0.6 is 11.6 Å². The van der Waals surface area contributed by atoms with E-state index in [0.717, 1.165) is 24.5 Å². The molecule has 1 aliphatic rings. The third-order valence-corrected chi connectivity index (χ3v) is 4.10. The van der Waals surface area contributed by atoms with Crippen molar-refractivity contribution in [2.75, 3.05) is 18.0 Å². The first-order valence-electron chi connectivity index (χ1n) is 6.87. The van der Waals surface area contributed by atoms with Crippen molar-refractivity contribution in [3.05, 3.63) is 28.3 Å². The van der Waals surface area contributed by atoms with Gasteiger partial charge in [-0.05, 0) is 63.3 Å². The van der Waals surface area contributed by atoms with E-state index in [4.69, 9.17) is 17.3 Å². The Balaban J connectivity index is 2.33. The van der Waals surface area contributed by atoms with Crippen LogP contribution in [-0.4, -0.2) is 19.1 Å². The standard InChI is InChI=1S/C15H23ClN2/c1-11-9-12(2)15(14(16)10-11)18-8-4-3-5-13(18)6-7-17/h9-10,13H,3-8,17H2,1-2H3. The molecule has 0 radical (unpaired) electrons. The highest BCUT2D eigenvalue weighted by Crippen LogP contribution is 2.35. The van der Waals surface area contributed by atoms with E-state index in [9.17, 15) is 0 Å². The maximum atomic E-state index is 6.46. The SMILES string of the molecule is Cc1cc(C)c(N2CCCCC2CCN)c(Cl)c1. The van der Waals surface area contributed by atoms with Crippen LogP contribution in [0, 0.1) is 13.8 Å². The fourth-order valence-electron chi connectivity index (χ4n) is 3.06. The van der Waals surface area contributed by atoms with E-state index in [1.165, 1.54) is 36.1 Å². The largest absolute Gasteiger partial charge is 0.367 e. The van der Waals surface area contributed by atoms with Gasteiger partial charge in [-0.15, -0.1) is 0 Å². The van der Waals surface area contributed by atoms with Crippen LogP contribution in [0.25, 0.3) is 0 Å². The minimum atomic E-state index is 0.558. The first-order valence-corrected chi connectivity index (χ1v) is 7.24. The number of halogens is 1. The first kappa shape index (κ1) is 13.7. The number of anilines is 1. The molecule has 1 aliphatic heterocycles. The van der Waals surface area contributed by atoms with E-state index in [1.807, 2.05) is 0 Å². The Kier molecular flexibility index (Phi) is 4.52. The Hall–Kier alpha value is -0.730. The Morgan fingerprint density at radius 3 is 2.78 bits per heavy atom. The van der Waals surface area contributed by atoms with Gasteiger partial charge in [0.2, 0.25) is 0 Å². The van der Waals surface area contributed by atoms with E-state index in [2.05, 4.69) is 30.9 Å². The molecule has 1 fully saturated rings. The first-order chi connectivity index (χ1) is 8.63. The number of nitrogens with two attached hydrogens (primary N) is 1. The fourth-order valence-corrected chi connectivity index (χ4v) is 3.49. The van der Waals surface area contributed by atoms with Crippen LogP contribution in [0.1, 0.15) is 36.8 Å². The number of hydrogen-bond donors (Lipinski definition) is 1. The summed E-state index contributed by atoms with van der Waals surface area (Å²) in [5.74, 6) is 0. The quantitative estimate of drug-likeness (QED) is 0.905. The highest BCUT2D eigenvalue weighted by molar-refractivity contribution is 6.33. The van der Waals surface area contributed by atoms with Gasteiger partial charge in [0.25, 0.3) is 0 Å². The molecule has 0 amide bonds. The van der Waals surface area contributed by atoms with Gasteiger partial charge < -0.3 is 10.6 Å². The van der Waals surface area contributed by atoms with Gasteiger partial charge >= 0.3 is 0 Å². The average molecular weight is 267 g/mol. The molecule has 0 saturated carbocycles. The van der Waals surface area contributed by atoms with Crippen LogP contribution in [0.4, 0.5) is 5.69 Å². The van der Waals surface area contributed by atoms with Crippen molar-refractivity contribution in [2.45, 2.75) is 45.6 Å². The molecule has 0 aliphatic carbocycles. The molecule has 2 N–H and O–H groups in total. The zero-order valence-electron chi connectivity index (χ0n) is 11.4. The van der Waals surface area contributed by atoms with Gasteiger partial charge in [0.15, 0.2) is 0 Å². The predicted molar refractivity (Wildman–Crippen MR) is 79.6 cm³/mol. The van der Waals surface area contributed by atoms with Gasteiger partial charge in [0.05, 0.1) is 10.7 Å². The maximum Gasteiger partial charge on any atom is 0.0645 e. The minimum Gasteiger partial charge on any atom is -0.367 e. The third kappa shape index (κ3) is 2.81. The highest BCUT2D eigenvalue weighted by Gasteiger charge is 2.24. The molecule has 18 heavy (non-hydrogen) atoms. The van der Waals surface area contributed by atoms with Crippen LogP contribution in [0.15, 0.2) is 12.1 Å². The predicted octanol–water partition coefficient (Wildman–Crippen LogP) is 3.66. The molecule has 1 aromatic carbocycles. The van der Waals surface area contributed by atoms with Crippen molar-refractivity contribution in [1.82, 2.24) is 0 Å². The molecule has 1 saturated heterocycles. The lowest BCUT2D eigenvalue weighted by molar-refractivity contribution is 0.441. The summed E-state index contributed by atoms with van der Waals surface area (Å²) in [6, 6.07) is 4.84. The van der Waals surface area contributed by atoms with Crippen molar-refractivity contribution >= 4 is 17.3 Å². The van der Waals surface area contributed by atoms with Crippen LogP contribution in [0.2, 0.25) is 5.02 Å². The van der Waals surface area contributed by atoms with E-state index < -0.39 is 0 Å². The summed E-state index contributed by atoms with van der Waals surface area (Å²) in [5.41, 5.74) is 9.47. The van der Waals surface area contributed by atoms with Gasteiger partial charge in [-0.1, -0.05) is 17.7 Å². The second kappa shape index (κ2) is 5.94. The zero-order chi connectivity index (χ0) is 13.1. The molecule has 0 spiro atoms. The Labute approximate surface area is 115 Å². The molecule has 1 heterocycles. The highest BCUT2D eigenvalue weighted by atomic mass is 35.5. The van der Waals surface area contributed by atoms with Crippen LogP contribution in [0.3, 0.4) is 0 Å². The molecule has 2 nitrogen and oxygen atoms in total. The summed E-state index contributed by atoms with van der Waals surface area (Å²) in [7, 11) is 0. The van der Waals surface area contributed by atoms with E-state index in [0.29, 0.717) is 6.04 Å². The van der Waals surface area contributed by atoms with Gasteiger partial charge in [-0.25, -0.2) is 0 Å². The summed E-state index contributed by atoms with van der Waals surface area (Å²) < 4.78 is 0. The van der Waals surface area contributed by atoms with Crippen molar-refractivity contribution in [3.8, 4) is 0 Å². The van der Waals surface area contributed by atoms with Gasteiger partial charge in [0, 0.05) is 12.6 Å². The van der Waals surface area contributed by atoms with Crippen molar-refractivity contribution in [3.63, 3.8) is 0 Å². The summed E-state index contributed by atoms with van der Waals surface area (Å²) in [6.45, 7) is 6.11. The number of benzene rings is 1. The Morgan fingerprint density at radius 1 is 1.33 bits per heavy atom. The molecular formula is C15H23ClN2. The maximum absolute atomic E-state index is 6.46. The average Bonchev–Trinajstić information content (AvgIpc) is 2.30. The van der Waals surface area contributed by atoms with Crippen molar-refractivity contribution < 1.29 is 0 Å². The molecule has 1 aromatic rings. The zero-order valence-corrected chi connectivity index (χ0v) is 12.1. The normalized spacial score (nSPS) is 20.2. The van der Waals surface area contributed by atoms with Gasteiger partial charge in [0.1, 0.15) is 0 Å². The molecular weight excluding hydrogens is 244 g/mol. The molecule has 3 heteroatoms. The summed E-state index contributed by atoms with van der Waals surface area (Å²) in [5, 5.41) is 0.886. The smallest absolute Gasteiger partial charge is 0.0645 e. The lowest BCUT2D eigenvalue weighted by Crippen LogP contribution is -2.41. The number of nitrogens with zero attached hydrogens (tertiary/aromatic N) is 1. The number of hydrogen-bond acceptors (Lipinski definition) is 2. The molecule has 2 rings (SSSR count). The van der Waals surface area contributed by atoms with E-state index >= 15 is 0 Å². The Bertz CT molecular complexity index is 392. The number of rotatable bonds is 3. The Morgan fingerprint density at radius 2 is 2.11 bits per heavy atom. The van der Waals surface area contributed by atoms with Crippen LogP contribution in [-0.2, 0) is 0 Å². The lowest BCUT2D eigenvalue weighted by Gasteiger charge is -2.39. The second-order valence-electron chi connectivity index (χ2n) is 5.33. The van der Waals surface area contributed by atoms with E-state index in [-0.39, 0.29) is 0 Å². The monoisotopic (exact) mass is 266 g/mol. The van der Waals surface area contributed by atoms with Crippen molar-refractivity contribution in [2.24, 2.45) is 5.73 Å². The molecule has 100 valence electrons.